The first kappa shape index (κ1) is 27.1. The molecular weight excluding hydrogens is 510 g/mol. The van der Waals surface area contributed by atoms with Crippen LogP contribution in [0.15, 0.2) is 36.4 Å². The third kappa shape index (κ3) is 7.46. The Labute approximate surface area is 213 Å². The number of carbonyl (C=O) groups excluding carboxylic acids is 2. The van der Waals surface area contributed by atoms with Gasteiger partial charge in [-0.1, -0.05) is 72.4 Å². The van der Waals surface area contributed by atoms with Gasteiger partial charge in [0.05, 0.1) is 5.75 Å². The van der Waals surface area contributed by atoms with E-state index in [0.717, 1.165) is 12.0 Å². The average Bonchev–Trinajstić information content (AvgIpc) is 2.76. The van der Waals surface area contributed by atoms with Crippen LogP contribution < -0.4 is 5.32 Å². The van der Waals surface area contributed by atoms with Crippen molar-refractivity contribution in [1.29, 1.82) is 0 Å². The highest BCUT2D eigenvalue weighted by Gasteiger charge is 2.29. The molecule has 1 N–H and O–H groups in total. The predicted octanol–water partition coefficient (Wildman–Crippen LogP) is 6.87. The molecule has 0 aromatic heterocycles. The van der Waals surface area contributed by atoms with E-state index in [1.165, 1.54) is 11.8 Å². The average molecular weight is 536 g/mol. The number of rotatable bonds is 11. The van der Waals surface area contributed by atoms with E-state index in [1.54, 1.807) is 41.3 Å². The van der Waals surface area contributed by atoms with Crippen molar-refractivity contribution in [2.24, 2.45) is 0 Å². The number of amides is 2. The molecule has 2 aromatic carbocycles. The summed E-state index contributed by atoms with van der Waals surface area (Å²) >= 11 is 26.6. The Balaban J connectivity index is 2.22. The third-order valence-electron chi connectivity index (χ3n) is 4.86. The molecule has 32 heavy (non-hydrogen) atoms. The fourth-order valence-corrected chi connectivity index (χ4v) is 5.30. The third-order valence-corrected chi connectivity index (χ3v) is 7.22. The Hall–Kier alpha value is -1.11. The van der Waals surface area contributed by atoms with Crippen molar-refractivity contribution in [3.8, 4) is 0 Å². The molecule has 9 heteroatoms. The SMILES string of the molecule is CCCNC(=O)[C@H](CC)N(Cc1c(Cl)cccc1Cl)C(=O)CSCc1c(Cl)cccc1Cl. The summed E-state index contributed by atoms with van der Waals surface area (Å²) in [6, 6.07) is 9.86. The summed E-state index contributed by atoms with van der Waals surface area (Å²) in [5.74, 6) is 0.253. The molecule has 2 rings (SSSR count). The Kier molecular flexibility index (Phi) is 11.5. The lowest BCUT2D eigenvalue weighted by atomic mass is 10.1. The Morgan fingerprint density at radius 1 is 0.938 bits per heavy atom. The van der Waals surface area contributed by atoms with Crippen molar-refractivity contribution in [2.75, 3.05) is 12.3 Å². The molecule has 0 spiro atoms. The Bertz CT molecular complexity index is 902. The van der Waals surface area contributed by atoms with Gasteiger partial charge >= 0.3 is 0 Å². The fraction of sp³-hybridized carbons (Fsp3) is 0.391. The number of nitrogens with one attached hydrogen (secondary N) is 1. The molecule has 0 heterocycles. The van der Waals surface area contributed by atoms with E-state index in [2.05, 4.69) is 5.32 Å². The van der Waals surface area contributed by atoms with E-state index in [1.807, 2.05) is 13.8 Å². The number of hydrogen-bond donors (Lipinski definition) is 1. The predicted molar refractivity (Wildman–Crippen MR) is 137 cm³/mol. The van der Waals surface area contributed by atoms with E-state index in [-0.39, 0.29) is 24.1 Å². The smallest absolute Gasteiger partial charge is 0.242 e. The van der Waals surface area contributed by atoms with Crippen molar-refractivity contribution < 1.29 is 9.59 Å². The van der Waals surface area contributed by atoms with E-state index < -0.39 is 6.04 Å². The second-order valence-corrected chi connectivity index (χ2v) is 9.74. The van der Waals surface area contributed by atoms with Crippen LogP contribution in [-0.4, -0.2) is 35.1 Å². The van der Waals surface area contributed by atoms with Crippen LogP contribution in [0.1, 0.15) is 37.8 Å². The molecule has 0 aliphatic rings. The number of nitrogens with zero attached hydrogens (tertiary/aromatic N) is 1. The zero-order valence-electron chi connectivity index (χ0n) is 18.0. The minimum Gasteiger partial charge on any atom is -0.354 e. The van der Waals surface area contributed by atoms with Gasteiger partial charge in [-0.3, -0.25) is 9.59 Å². The van der Waals surface area contributed by atoms with Gasteiger partial charge in [0.1, 0.15) is 6.04 Å². The first-order chi connectivity index (χ1) is 15.3. The molecule has 0 aliphatic heterocycles. The van der Waals surface area contributed by atoms with Gasteiger partial charge in [0.2, 0.25) is 11.8 Å². The van der Waals surface area contributed by atoms with Crippen LogP contribution in [0.4, 0.5) is 0 Å². The van der Waals surface area contributed by atoms with Gasteiger partial charge < -0.3 is 10.2 Å². The van der Waals surface area contributed by atoms with Gasteiger partial charge in [-0.2, -0.15) is 0 Å². The van der Waals surface area contributed by atoms with Crippen LogP contribution in [0.25, 0.3) is 0 Å². The topological polar surface area (TPSA) is 49.4 Å². The largest absolute Gasteiger partial charge is 0.354 e. The van der Waals surface area contributed by atoms with Crippen molar-refractivity contribution in [3.63, 3.8) is 0 Å². The van der Waals surface area contributed by atoms with Crippen molar-refractivity contribution in [1.82, 2.24) is 10.2 Å². The standard InChI is InChI=1S/C23H26Cl4N2O2S/c1-3-11-28-23(31)21(4-2)29(12-15-17(24)7-5-8-18(15)25)22(30)14-32-13-16-19(26)9-6-10-20(16)27/h5-10,21H,3-4,11-14H2,1-2H3,(H,28,31)/t21-/m0/s1. The number of halogens is 4. The molecule has 4 nitrogen and oxygen atoms in total. The molecule has 0 radical (unpaired) electrons. The maximum atomic E-state index is 13.3. The number of hydrogen-bond acceptors (Lipinski definition) is 3. The van der Waals surface area contributed by atoms with Gasteiger partial charge in [0.15, 0.2) is 0 Å². The highest BCUT2D eigenvalue weighted by molar-refractivity contribution is 7.99. The zero-order chi connectivity index (χ0) is 23.7. The highest BCUT2D eigenvalue weighted by Crippen LogP contribution is 2.30. The minimum atomic E-state index is -0.633. The molecule has 2 amide bonds. The second-order valence-electron chi connectivity index (χ2n) is 7.13. The lowest BCUT2D eigenvalue weighted by molar-refractivity contribution is -0.139. The van der Waals surface area contributed by atoms with Gasteiger partial charge in [-0.25, -0.2) is 0 Å². The first-order valence-electron chi connectivity index (χ1n) is 10.3. The lowest BCUT2D eigenvalue weighted by Gasteiger charge is -2.31. The Morgan fingerprint density at radius 2 is 1.47 bits per heavy atom. The molecule has 0 aliphatic carbocycles. The molecule has 0 unspecified atom stereocenters. The minimum absolute atomic E-state index is 0.142. The summed E-state index contributed by atoms with van der Waals surface area (Å²) in [6.07, 6.45) is 1.27. The first-order valence-corrected chi connectivity index (χ1v) is 13.0. The Morgan fingerprint density at radius 3 is 1.97 bits per heavy atom. The highest BCUT2D eigenvalue weighted by atomic mass is 35.5. The molecule has 0 fully saturated rings. The van der Waals surface area contributed by atoms with Gasteiger partial charge in [-0.05, 0) is 42.7 Å². The molecule has 0 saturated heterocycles. The van der Waals surface area contributed by atoms with Gasteiger partial charge in [0, 0.05) is 44.5 Å². The fourth-order valence-electron chi connectivity index (χ4n) is 3.13. The quantitative estimate of drug-likeness (QED) is 0.341. The van der Waals surface area contributed by atoms with E-state index >= 15 is 0 Å². The molecular formula is C23H26Cl4N2O2S. The van der Waals surface area contributed by atoms with Gasteiger partial charge in [-0.15, -0.1) is 11.8 Å². The zero-order valence-corrected chi connectivity index (χ0v) is 21.8. The van der Waals surface area contributed by atoms with E-state index in [4.69, 9.17) is 46.4 Å². The summed E-state index contributed by atoms with van der Waals surface area (Å²) in [6.45, 7) is 4.54. The summed E-state index contributed by atoms with van der Waals surface area (Å²) < 4.78 is 0. The van der Waals surface area contributed by atoms with Crippen LogP contribution in [0.2, 0.25) is 20.1 Å². The summed E-state index contributed by atoms with van der Waals surface area (Å²) in [5, 5.41) is 4.91. The second kappa shape index (κ2) is 13.6. The summed E-state index contributed by atoms with van der Waals surface area (Å²) in [5.41, 5.74) is 1.40. The number of benzene rings is 2. The van der Waals surface area contributed by atoms with E-state index in [9.17, 15) is 9.59 Å². The van der Waals surface area contributed by atoms with Crippen LogP contribution in [0.5, 0.6) is 0 Å². The van der Waals surface area contributed by atoms with Crippen LogP contribution in [-0.2, 0) is 21.9 Å². The van der Waals surface area contributed by atoms with Crippen molar-refractivity contribution in [3.05, 3.63) is 67.6 Å². The molecule has 0 saturated carbocycles. The van der Waals surface area contributed by atoms with E-state index in [0.29, 0.717) is 44.4 Å². The molecule has 2 aromatic rings. The van der Waals surface area contributed by atoms with Crippen LogP contribution >= 0.6 is 58.2 Å². The number of carbonyl (C=O) groups is 2. The maximum absolute atomic E-state index is 13.3. The van der Waals surface area contributed by atoms with Crippen LogP contribution in [0.3, 0.4) is 0 Å². The summed E-state index contributed by atoms with van der Waals surface area (Å²) in [7, 11) is 0. The molecule has 1 atom stereocenters. The lowest BCUT2D eigenvalue weighted by Crippen LogP contribution is -2.49. The van der Waals surface area contributed by atoms with Gasteiger partial charge in [0.25, 0.3) is 0 Å². The molecule has 0 bridgehead atoms. The monoisotopic (exact) mass is 534 g/mol. The number of thioether (sulfide) groups is 1. The van der Waals surface area contributed by atoms with Crippen molar-refractivity contribution >= 4 is 70.0 Å². The maximum Gasteiger partial charge on any atom is 0.242 e. The van der Waals surface area contributed by atoms with Crippen molar-refractivity contribution in [2.45, 2.75) is 45.0 Å². The van der Waals surface area contributed by atoms with Crippen LogP contribution in [0, 0.1) is 0 Å². The molecule has 174 valence electrons. The normalized spacial score (nSPS) is 11.8. The summed E-state index contributed by atoms with van der Waals surface area (Å²) in [4.78, 5) is 27.6.